The summed E-state index contributed by atoms with van der Waals surface area (Å²) in [5, 5.41) is 12.4. The Morgan fingerprint density at radius 1 is 1.07 bits per heavy atom. The molecule has 1 N–H and O–H groups in total. The molecule has 0 spiro atoms. The second-order valence-corrected chi connectivity index (χ2v) is 9.41. The maximum absolute atomic E-state index is 14.1. The Morgan fingerprint density at radius 2 is 1.83 bits per heavy atom. The van der Waals surface area contributed by atoms with Gasteiger partial charge in [0.15, 0.2) is 0 Å². The van der Waals surface area contributed by atoms with E-state index in [1.54, 1.807) is 18.2 Å². The van der Waals surface area contributed by atoms with Crippen LogP contribution in [-0.2, 0) is 4.74 Å². The number of ether oxygens (including phenoxy) is 1. The van der Waals surface area contributed by atoms with Crippen LogP contribution in [0, 0.1) is 23.6 Å². The van der Waals surface area contributed by atoms with Gasteiger partial charge in [0.25, 0.3) is 0 Å². The molecule has 1 unspecified atom stereocenters. The van der Waals surface area contributed by atoms with Crippen LogP contribution in [0.2, 0.25) is 5.02 Å². The van der Waals surface area contributed by atoms with E-state index in [1.807, 2.05) is 6.07 Å². The summed E-state index contributed by atoms with van der Waals surface area (Å²) >= 11 is 6.14. The number of anilines is 1. The number of nitrogens with zero attached hydrogens (tertiary/aromatic N) is 3. The lowest BCUT2D eigenvalue weighted by Gasteiger charge is -2.27. The highest BCUT2D eigenvalue weighted by molar-refractivity contribution is 6.33. The lowest BCUT2D eigenvalue weighted by atomic mass is 10.00. The average molecular weight is 431 g/mol. The monoisotopic (exact) mass is 430 g/mol. The van der Waals surface area contributed by atoms with Gasteiger partial charge in [-0.15, -0.1) is 10.2 Å². The predicted octanol–water partition coefficient (Wildman–Crippen LogP) is 4.49. The lowest BCUT2D eigenvalue weighted by molar-refractivity contribution is 0.0545. The highest BCUT2D eigenvalue weighted by atomic mass is 35.5. The van der Waals surface area contributed by atoms with E-state index in [2.05, 4.69) is 20.4 Å². The number of hydrogen-bond donors (Lipinski definition) is 1. The summed E-state index contributed by atoms with van der Waals surface area (Å²) in [5.74, 6) is 2.71. The summed E-state index contributed by atoms with van der Waals surface area (Å²) in [4.78, 5) is 2.67. The number of aromatic nitrogens is 2. The molecule has 30 heavy (non-hydrogen) atoms. The van der Waals surface area contributed by atoms with Gasteiger partial charge in [-0.3, -0.25) is 0 Å². The molecule has 3 atom stereocenters. The molecule has 3 fully saturated rings. The summed E-state index contributed by atoms with van der Waals surface area (Å²) in [6.07, 6.45) is 4.78. The van der Waals surface area contributed by atoms with Crippen molar-refractivity contribution in [1.82, 2.24) is 15.1 Å². The number of nitrogens with one attached hydrogen (secondary N) is 1. The van der Waals surface area contributed by atoms with E-state index < -0.39 is 0 Å². The third-order valence-electron chi connectivity index (χ3n) is 6.92. The molecule has 1 aromatic carbocycles. The van der Waals surface area contributed by atoms with E-state index in [4.69, 9.17) is 16.3 Å². The SMILES string of the molecule is Fc1cccc(Cl)c1-c1ccc(NC2C[C@@H]3CN(CC4CCOCC4)C[C@@H]3C2)nn1. The van der Waals surface area contributed by atoms with Crippen molar-refractivity contribution in [2.75, 3.05) is 38.2 Å². The van der Waals surface area contributed by atoms with E-state index >= 15 is 0 Å². The fourth-order valence-electron chi connectivity index (χ4n) is 5.45. The van der Waals surface area contributed by atoms with Gasteiger partial charge < -0.3 is 15.0 Å². The van der Waals surface area contributed by atoms with Gasteiger partial charge in [-0.25, -0.2) is 4.39 Å². The van der Waals surface area contributed by atoms with E-state index in [-0.39, 0.29) is 5.82 Å². The molecule has 3 aliphatic rings. The Morgan fingerprint density at radius 3 is 2.50 bits per heavy atom. The van der Waals surface area contributed by atoms with Gasteiger partial charge >= 0.3 is 0 Å². The molecule has 2 aliphatic heterocycles. The number of rotatable bonds is 5. The van der Waals surface area contributed by atoms with E-state index in [0.717, 1.165) is 36.8 Å². The van der Waals surface area contributed by atoms with Crippen LogP contribution in [-0.4, -0.2) is 54.0 Å². The first-order valence-electron chi connectivity index (χ1n) is 11.0. The van der Waals surface area contributed by atoms with Crippen LogP contribution >= 0.6 is 11.6 Å². The van der Waals surface area contributed by atoms with Crippen LogP contribution in [0.1, 0.15) is 25.7 Å². The third kappa shape index (κ3) is 4.32. The summed E-state index contributed by atoms with van der Waals surface area (Å²) in [6, 6.07) is 8.73. The van der Waals surface area contributed by atoms with Gasteiger partial charge in [0.05, 0.1) is 16.3 Å². The van der Waals surface area contributed by atoms with Crippen molar-refractivity contribution in [2.24, 2.45) is 17.8 Å². The fourth-order valence-corrected chi connectivity index (χ4v) is 5.71. The van der Waals surface area contributed by atoms with Crippen LogP contribution in [0.15, 0.2) is 30.3 Å². The van der Waals surface area contributed by atoms with Gasteiger partial charge in [0, 0.05) is 38.9 Å². The van der Waals surface area contributed by atoms with Crippen molar-refractivity contribution < 1.29 is 9.13 Å². The zero-order valence-corrected chi connectivity index (χ0v) is 17.8. The van der Waals surface area contributed by atoms with Crippen molar-refractivity contribution >= 4 is 17.4 Å². The number of halogens is 2. The van der Waals surface area contributed by atoms with Crippen molar-refractivity contribution in [2.45, 2.75) is 31.7 Å². The zero-order valence-electron chi connectivity index (χ0n) is 17.1. The maximum Gasteiger partial charge on any atom is 0.148 e. The molecular weight excluding hydrogens is 403 g/mol. The highest BCUT2D eigenvalue weighted by Gasteiger charge is 2.41. The van der Waals surface area contributed by atoms with Crippen LogP contribution < -0.4 is 5.32 Å². The van der Waals surface area contributed by atoms with Crippen molar-refractivity contribution in [3.05, 3.63) is 41.2 Å². The molecule has 0 amide bonds. The van der Waals surface area contributed by atoms with Gasteiger partial charge in [-0.1, -0.05) is 17.7 Å². The average Bonchev–Trinajstić information content (AvgIpc) is 3.28. The summed E-state index contributed by atoms with van der Waals surface area (Å²) in [5.41, 5.74) is 0.758. The van der Waals surface area contributed by atoms with Crippen molar-refractivity contribution in [3.63, 3.8) is 0 Å². The second kappa shape index (κ2) is 8.77. The smallest absolute Gasteiger partial charge is 0.148 e. The van der Waals surface area contributed by atoms with Gasteiger partial charge in [-0.05, 0) is 67.7 Å². The Kier molecular flexibility index (Phi) is 5.89. The lowest BCUT2D eigenvalue weighted by Crippen LogP contribution is -2.32. The number of benzene rings is 1. The van der Waals surface area contributed by atoms with E-state index in [0.29, 0.717) is 22.3 Å². The standard InChI is InChI=1S/C23H28ClFN4O/c24-19-2-1-3-20(25)23(19)21-4-5-22(28-27-21)26-18-10-16-13-29(14-17(16)11-18)12-15-6-8-30-9-7-15/h1-5,15-18H,6-14H2,(H,26,28)/t16-,17+,18?. The first-order valence-corrected chi connectivity index (χ1v) is 11.4. The number of fused-ring (bicyclic) bond motifs is 1. The second-order valence-electron chi connectivity index (χ2n) is 9.01. The molecular formula is C23H28ClFN4O. The van der Waals surface area contributed by atoms with Gasteiger partial charge in [0.2, 0.25) is 0 Å². The minimum atomic E-state index is -0.383. The predicted molar refractivity (Wildman–Crippen MR) is 116 cm³/mol. The largest absolute Gasteiger partial charge is 0.381 e. The van der Waals surface area contributed by atoms with Crippen molar-refractivity contribution in [1.29, 1.82) is 0 Å². The minimum absolute atomic E-state index is 0.304. The molecule has 160 valence electrons. The molecule has 2 aromatic rings. The molecule has 0 bridgehead atoms. The zero-order chi connectivity index (χ0) is 20.5. The van der Waals surface area contributed by atoms with E-state index in [1.165, 1.54) is 51.4 Å². The fraction of sp³-hybridized carbons (Fsp3) is 0.565. The first kappa shape index (κ1) is 20.2. The Bertz CT molecular complexity index is 840. The molecule has 3 heterocycles. The highest BCUT2D eigenvalue weighted by Crippen LogP contribution is 2.40. The van der Waals surface area contributed by atoms with Crippen LogP contribution in [0.25, 0.3) is 11.3 Å². The molecule has 7 heteroatoms. The summed E-state index contributed by atoms with van der Waals surface area (Å²) in [7, 11) is 0. The normalized spacial score (nSPS) is 27.3. The molecule has 1 aromatic heterocycles. The molecule has 0 radical (unpaired) electrons. The van der Waals surface area contributed by atoms with E-state index in [9.17, 15) is 4.39 Å². The molecule has 1 saturated carbocycles. The quantitative estimate of drug-likeness (QED) is 0.757. The molecule has 5 rings (SSSR count). The summed E-state index contributed by atoms with van der Waals surface area (Å²) < 4.78 is 19.6. The Balaban J connectivity index is 1.15. The van der Waals surface area contributed by atoms with Crippen LogP contribution in [0.3, 0.4) is 0 Å². The van der Waals surface area contributed by atoms with Crippen LogP contribution in [0.4, 0.5) is 10.2 Å². The molecule has 5 nitrogen and oxygen atoms in total. The molecule has 1 aliphatic carbocycles. The Hall–Kier alpha value is -1.76. The molecule has 2 saturated heterocycles. The van der Waals surface area contributed by atoms with Crippen molar-refractivity contribution in [3.8, 4) is 11.3 Å². The van der Waals surface area contributed by atoms with Gasteiger partial charge in [0.1, 0.15) is 11.6 Å². The number of hydrogen-bond acceptors (Lipinski definition) is 5. The first-order chi connectivity index (χ1) is 14.7. The Labute approximate surface area is 182 Å². The number of likely N-dealkylation sites (tertiary alicyclic amines) is 1. The van der Waals surface area contributed by atoms with Gasteiger partial charge in [-0.2, -0.15) is 0 Å². The third-order valence-corrected chi connectivity index (χ3v) is 7.23. The minimum Gasteiger partial charge on any atom is -0.381 e. The summed E-state index contributed by atoms with van der Waals surface area (Å²) in [6.45, 7) is 5.54. The van der Waals surface area contributed by atoms with Crippen LogP contribution in [0.5, 0.6) is 0 Å². The topological polar surface area (TPSA) is 50.3 Å². The maximum atomic E-state index is 14.1.